The zero-order chi connectivity index (χ0) is 20.1. The van der Waals surface area contributed by atoms with E-state index in [1.165, 1.54) is 31.3 Å². The Morgan fingerprint density at radius 1 is 1.46 bits per heavy atom. The molecule has 2 aromatic rings. The molecule has 1 saturated heterocycles. The maximum absolute atomic E-state index is 12.6. The first-order valence-corrected chi connectivity index (χ1v) is 10.7. The van der Waals surface area contributed by atoms with Crippen molar-refractivity contribution in [3.8, 4) is 11.5 Å². The fraction of sp³-hybridized carbons (Fsp3) is 0.500. The van der Waals surface area contributed by atoms with E-state index in [2.05, 4.69) is 22.1 Å². The number of amides is 1. The van der Waals surface area contributed by atoms with Crippen molar-refractivity contribution in [3.63, 3.8) is 0 Å². The molecule has 1 atom stereocenters. The zero-order valence-corrected chi connectivity index (χ0v) is 18.0. The Bertz CT molecular complexity index is 827. The molecule has 1 N–H and O–H groups in total. The molecular formula is C20H26ClN3O3S. The van der Waals surface area contributed by atoms with E-state index in [4.69, 9.17) is 21.1 Å². The lowest BCUT2D eigenvalue weighted by Gasteiger charge is -2.30. The number of anilines is 1. The highest BCUT2D eigenvalue weighted by Gasteiger charge is 2.19. The van der Waals surface area contributed by atoms with Gasteiger partial charge in [-0.15, -0.1) is 11.3 Å². The number of nitrogens with one attached hydrogen (secondary N) is 1. The van der Waals surface area contributed by atoms with Gasteiger partial charge in [0.1, 0.15) is 0 Å². The van der Waals surface area contributed by atoms with Gasteiger partial charge in [0.25, 0.3) is 5.91 Å². The molecule has 6 nitrogen and oxygen atoms in total. The Hall–Kier alpha value is -1.83. The summed E-state index contributed by atoms with van der Waals surface area (Å²) in [5, 5.41) is 5.77. The molecule has 3 rings (SSSR count). The molecule has 0 radical (unpaired) electrons. The number of hydrogen-bond acceptors (Lipinski definition) is 6. The van der Waals surface area contributed by atoms with Crippen molar-refractivity contribution in [1.29, 1.82) is 0 Å². The molecule has 1 aromatic heterocycles. The van der Waals surface area contributed by atoms with Gasteiger partial charge in [-0.25, -0.2) is 4.98 Å². The molecule has 1 aliphatic rings. The average molecular weight is 424 g/mol. The highest BCUT2D eigenvalue weighted by atomic mass is 35.5. The molecule has 2 heterocycles. The number of thiazole rings is 1. The Morgan fingerprint density at radius 2 is 2.29 bits per heavy atom. The minimum atomic E-state index is -0.282. The summed E-state index contributed by atoms with van der Waals surface area (Å²) < 4.78 is 10.8. The van der Waals surface area contributed by atoms with E-state index < -0.39 is 0 Å². The summed E-state index contributed by atoms with van der Waals surface area (Å²) >= 11 is 7.69. The Morgan fingerprint density at radius 3 is 3.00 bits per heavy atom. The predicted octanol–water partition coefficient (Wildman–Crippen LogP) is 4.69. The van der Waals surface area contributed by atoms with Gasteiger partial charge >= 0.3 is 0 Å². The second-order valence-corrected chi connectivity index (χ2v) is 8.27. The van der Waals surface area contributed by atoms with E-state index in [1.54, 1.807) is 12.1 Å². The first kappa shape index (κ1) is 20.9. The van der Waals surface area contributed by atoms with Gasteiger partial charge in [0.05, 0.1) is 24.4 Å². The van der Waals surface area contributed by atoms with Crippen LogP contribution in [0.4, 0.5) is 5.13 Å². The van der Waals surface area contributed by atoms with Crippen LogP contribution >= 0.6 is 22.9 Å². The normalized spacial score (nSPS) is 17.4. The summed E-state index contributed by atoms with van der Waals surface area (Å²) in [6.45, 7) is 7.63. The molecule has 0 bridgehead atoms. The lowest BCUT2D eigenvalue weighted by atomic mass is 10.0. The van der Waals surface area contributed by atoms with Crippen LogP contribution in [0.15, 0.2) is 17.5 Å². The molecule has 1 fully saturated rings. The first-order valence-electron chi connectivity index (χ1n) is 9.48. The standard InChI is InChI=1S/C20H26ClN3O3S/c1-4-27-18-16(21)8-14(9-17(18)26-3)19(25)23-20-22-15(12-28-20)11-24-7-5-6-13(2)10-24/h8-9,12-13H,4-7,10-11H2,1-3H3,(H,22,23,25)/t13-/m1/s1. The van der Waals surface area contributed by atoms with E-state index in [0.717, 1.165) is 31.2 Å². The highest BCUT2D eigenvalue weighted by molar-refractivity contribution is 7.14. The molecule has 1 aromatic carbocycles. The Kier molecular flexibility index (Phi) is 7.15. The quantitative estimate of drug-likeness (QED) is 0.700. The Balaban J connectivity index is 1.66. The minimum absolute atomic E-state index is 0.282. The summed E-state index contributed by atoms with van der Waals surface area (Å²) in [6.07, 6.45) is 2.53. The van der Waals surface area contributed by atoms with E-state index in [-0.39, 0.29) is 5.91 Å². The van der Waals surface area contributed by atoms with Crippen LogP contribution in [0.3, 0.4) is 0 Å². The van der Waals surface area contributed by atoms with Gasteiger partial charge in [-0.2, -0.15) is 0 Å². The van der Waals surface area contributed by atoms with Crippen molar-refractivity contribution in [2.45, 2.75) is 33.2 Å². The minimum Gasteiger partial charge on any atom is -0.493 e. The van der Waals surface area contributed by atoms with Gasteiger partial charge in [-0.3, -0.25) is 15.0 Å². The largest absolute Gasteiger partial charge is 0.493 e. The summed E-state index contributed by atoms with van der Waals surface area (Å²) in [5.41, 5.74) is 1.38. The number of aromatic nitrogens is 1. The second kappa shape index (κ2) is 9.58. The van der Waals surface area contributed by atoms with Crippen molar-refractivity contribution < 1.29 is 14.3 Å². The van der Waals surface area contributed by atoms with E-state index >= 15 is 0 Å². The number of rotatable bonds is 7. The number of methoxy groups -OCH3 is 1. The van der Waals surface area contributed by atoms with Crippen LogP contribution in [0.5, 0.6) is 11.5 Å². The molecule has 0 unspecified atom stereocenters. The number of halogens is 1. The summed E-state index contributed by atoms with van der Waals surface area (Å²) in [6, 6.07) is 3.20. The van der Waals surface area contributed by atoms with Gasteiger partial charge in [0, 0.05) is 24.0 Å². The van der Waals surface area contributed by atoms with Crippen LogP contribution < -0.4 is 14.8 Å². The van der Waals surface area contributed by atoms with Crippen LogP contribution in [-0.2, 0) is 6.54 Å². The molecule has 8 heteroatoms. The number of ether oxygens (including phenoxy) is 2. The lowest BCUT2D eigenvalue weighted by molar-refractivity contribution is 0.102. The van der Waals surface area contributed by atoms with Crippen molar-refractivity contribution in [2.24, 2.45) is 5.92 Å². The second-order valence-electron chi connectivity index (χ2n) is 7.00. The van der Waals surface area contributed by atoms with Gasteiger partial charge < -0.3 is 9.47 Å². The summed E-state index contributed by atoms with van der Waals surface area (Å²) in [4.78, 5) is 19.6. The fourth-order valence-electron chi connectivity index (χ4n) is 3.40. The first-order chi connectivity index (χ1) is 13.5. The van der Waals surface area contributed by atoms with Crippen LogP contribution in [0.25, 0.3) is 0 Å². The number of hydrogen-bond donors (Lipinski definition) is 1. The molecule has 1 aliphatic heterocycles. The third kappa shape index (κ3) is 5.16. The number of nitrogens with zero attached hydrogens (tertiary/aromatic N) is 2. The summed E-state index contributed by atoms with van der Waals surface area (Å²) in [5.74, 6) is 1.32. The summed E-state index contributed by atoms with van der Waals surface area (Å²) in [7, 11) is 1.52. The number of carbonyl (C=O) groups excluding carboxylic acids is 1. The lowest BCUT2D eigenvalue weighted by Crippen LogP contribution is -2.33. The highest BCUT2D eigenvalue weighted by Crippen LogP contribution is 2.36. The van der Waals surface area contributed by atoms with Crippen molar-refractivity contribution >= 4 is 34.0 Å². The van der Waals surface area contributed by atoms with Gasteiger partial charge in [0.15, 0.2) is 16.6 Å². The topological polar surface area (TPSA) is 63.7 Å². The van der Waals surface area contributed by atoms with E-state index in [0.29, 0.717) is 33.8 Å². The number of piperidine rings is 1. The SMILES string of the molecule is CCOc1c(Cl)cc(C(=O)Nc2nc(CN3CCC[C@@H](C)C3)cs2)cc1OC. The number of likely N-dealkylation sites (tertiary alicyclic amines) is 1. The van der Waals surface area contributed by atoms with Crippen LogP contribution in [0.1, 0.15) is 42.7 Å². The molecule has 28 heavy (non-hydrogen) atoms. The maximum Gasteiger partial charge on any atom is 0.257 e. The van der Waals surface area contributed by atoms with Crippen molar-refractivity contribution in [2.75, 3.05) is 32.1 Å². The molecular weight excluding hydrogens is 398 g/mol. The van der Waals surface area contributed by atoms with Crippen molar-refractivity contribution in [3.05, 3.63) is 33.8 Å². The van der Waals surface area contributed by atoms with Crippen LogP contribution in [-0.4, -0.2) is 42.6 Å². The predicted molar refractivity (Wildman–Crippen MR) is 113 cm³/mol. The van der Waals surface area contributed by atoms with Crippen LogP contribution in [0, 0.1) is 5.92 Å². The van der Waals surface area contributed by atoms with E-state index in [1.807, 2.05) is 12.3 Å². The molecule has 0 saturated carbocycles. The Labute approximate surface area is 174 Å². The molecule has 152 valence electrons. The fourth-order valence-corrected chi connectivity index (χ4v) is 4.36. The molecule has 0 spiro atoms. The van der Waals surface area contributed by atoms with Gasteiger partial charge in [0.2, 0.25) is 0 Å². The molecule has 0 aliphatic carbocycles. The van der Waals surface area contributed by atoms with Crippen LogP contribution in [0.2, 0.25) is 5.02 Å². The number of benzene rings is 1. The third-order valence-corrected chi connectivity index (χ3v) is 5.77. The molecule has 1 amide bonds. The zero-order valence-electron chi connectivity index (χ0n) is 16.5. The van der Waals surface area contributed by atoms with E-state index in [9.17, 15) is 4.79 Å². The van der Waals surface area contributed by atoms with Gasteiger partial charge in [-0.1, -0.05) is 18.5 Å². The average Bonchev–Trinajstić information content (AvgIpc) is 3.10. The third-order valence-electron chi connectivity index (χ3n) is 4.68. The smallest absolute Gasteiger partial charge is 0.257 e. The maximum atomic E-state index is 12.6. The monoisotopic (exact) mass is 423 g/mol. The van der Waals surface area contributed by atoms with Gasteiger partial charge in [-0.05, 0) is 44.4 Å². The number of carbonyl (C=O) groups is 1. The van der Waals surface area contributed by atoms with Crippen molar-refractivity contribution in [1.82, 2.24) is 9.88 Å².